The van der Waals surface area contributed by atoms with Crippen molar-refractivity contribution in [3.05, 3.63) is 59.7 Å². The topological polar surface area (TPSA) is 61.9 Å². The van der Waals surface area contributed by atoms with Gasteiger partial charge in [0.2, 0.25) is 5.91 Å². The van der Waals surface area contributed by atoms with E-state index in [-0.39, 0.29) is 18.4 Å². The van der Waals surface area contributed by atoms with Crippen molar-refractivity contribution in [3.63, 3.8) is 0 Å². The molecule has 0 aliphatic rings. The Labute approximate surface area is 167 Å². The summed E-state index contributed by atoms with van der Waals surface area (Å²) in [5.74, 6) is -0.306. The molecule has 2 aromatic carbocycles. The van der Waals surface area contributed by atoms with E-state index < -0.39 is 0 Å². The average molecular weight is 383 g/mol. The molecule has 1 N–H and O–H groups in total. The van der Waals surface area contributed by atoms with Crippen LogP contribution >= 0.6 is 0 Å². The largest absolute Gasteiger partial charge is 0.377 e. The Bertz CT molecular complexity index is 787. The van der Waals surface area contributed by atoms with Crippen LogP contribution in [0, 0.1) is 0 Å². The van der Waals surface area contributed by atoms with E-state index in [1.807, 2.05) is 69.2 Å². The van der Waals surface area contributed by atoms with E-state index in [0.717, 1.165) is 11.3 Å². The lowest BCUT2D eigenvalue weighted by Gasteiger charge is -2.23. The quantitative estimate of drug-likeness (QED) is 0.721. The van der Waals surface area contributed by atoms with Gasteiger partial charge >= 0.3 is 0 Å². The molecule has 150 valence electrons. The third-order valence-corrected chi connectivity index (χ3v) is 4.39. The lowest BCUT2D eigenvalue weighted by Crippen LogP contribution is -2.32. The summed E-state index contributed by atoms with van der Waals surface area (Å²) in [6, 6.07) is 15.1. The highest BCUT2D eigenvalue weighted by Gasteiger charge is 2.19. The second-order valence-electron chi connectivity index (χ2n) is 6.63. The maximum absolute atomic E-state index is 12.9. The number of ether oxygens (including phenoxy) is 1. The van der Waals surface area contributed by atoms with Crippen LogP contribution in [0.3, 0.4) is 0 Å². The van der Waals surface area contributed by atoms with Crippen molar-refractivity contribution in [2.45, 2.75) is 20.5 Å². The lowest BCUT2D eigenvalue weighted by atomic mass is 10.1. The Hall–Kier alpha value is -2.86. The molecule has 0 saturated heterocycles. The van der Waals surface area contributed by atoms with Crippen LogP contribution in [0.25, 0.3) is 0 Å². The van der Waals surface area contributed by atoms with Crippen LogP contribution in [0.5, 0.6) is 0 Å². The van der Waals surface area contributed by atoms with Crippen molar-refractivity contribution in [2.75, 3.05) is 44.0 Å². The number of amides is 2. The van der Waals surface area contributed by atoms with E-state index in [1.165, 1.54) is 0 Å². The summed E-state index contributed by atoms with van der Waals surface area (Å²) in [6.45, 7) is 5.49. The summed E-state index contributed by atoms with van der Waals surface area (Å²) in [5.41, 5.74) is 2.97. The first kappa shape index (κ1) is 21.4. The van der Waals surface area contributed by atoms with Crippen molar-refractivity contribution >= 4 is 23.2 Å². The number of hydrogen-bond acceptors (Lipinski definition) is 4. The number of hydrogen-bond donors (Lipinski definition) is 1. The zero-order chi connectivity index (χ0) is 20.5. The molecule has 0 fully saturated rings. The van der Waals surface area contributed by atoms with Gasteiger partial charge in [-0.15, -0.1) is 0 Å². The SMILES string of the molecule is CCN(CC)C(=O)c1cc(NC(=O)COCc2ccccc2)ccc1N(C)C. The minimum atomic E-state index is -0.255. The van der Waals surface area contributed by atoms with E-state index in [4.69, 9.17) is 4.74 Å². The Balaban J connectivity index is 2.05. The number of carbonyl (C=O) groups excluding carboxylic acids is 2. The third kappa shape index (κ3) is 5.82. The molecule has 0 aliphatic carbocycles. The minimum absolute atomic E-state index is 0.0508. The van der Waals surface area contributed by atoms with Crippen molar-refractivity contribution < 1.29 is 14.3 Å². The summed E-state index contributed by atoms with van der Waals surface area (Å²) < 4.78 is 5.47. The lowest BCUT2D eigenvalue weighted by molar-refractivity contribution is -0.121. The molecule has 0 radical (unpaired) electrons. The number of nitrogens with zero attached hydrogens (tertiary/aromatic N) is 2. The van der Waals surface area contributed by atoms with Gasteiger partial charge in [-0.1, -0.05) is 30.3 Å². The molecular formula is C22H29N3O3. The summed E-state index contributed by atoms with van der Waals surface area (Å²) >= 11 is 0. The fourth-order valence-corrected chi connectivity index (χ4v) is 2.89. The number of benzene rings is 2. The Morgan fingerprint density at radius 2 is 1.68 bits per heavy atom. The van der Waals surface area contributed by atoms with Gasteiger partial charge in [-0.25, -0.2) is 0 Å². The van der Waals surface area contributed by atoms with Crippen molar-refractivity contribution in [1.82, 2.24) is 4.90 Å². The van der Waals surface area contributed by atoms with Crippen molar-refractivity contribution in [1.29, 1.82) is 0 Å². The van der Waals surface area contributed by atoms with E-state index in [2.05, 4.69) is 5.32 Å². The summed E-state index contributed by atoms with van der Waals surface area (Å²) in [4.78, 5) is 28.7. The van der Waals surface area contributed by atoms with Crippen LogP contribution in [0.4, 0.5) is 11.4 Å². The molecule has 0 bridgehead atoms. The fraction of sp³-hybridized carbons (Fsp3) is 0.364. The molecule has 0 unspecified atom stereocenters. The first-order valence-corrected chi connectivity index (χ1v) is 9.48. The maximum atomic E-state index is 12.9. The first-order valence-electron chi connectivity index (χ1n) is 9.48. The summed E-state index contributed by atoms with van der Waals surface area (Å²) in [7, 11) is 3.79. The smallest absolute Gasteiger partial charge is 0.256 e. The van der Waals surface area contributed by atoms with E-state index >= 15 is 0 Å². The monoisotopic (exact) mass is 383 g/mol. The van der Waals surface area contributed by atoms with Crippen LogP contribution in [-0.4, -0.2) is 50.5 Å². The Kier molecular flexibility index (Phi) is 8.02. The van der Waals surface area contributed by atoms with Crippen LogP contribution < -0.4 is 10.2 Å². The molecule has 0 spiro atoms. The first-order chi connectivity index (χ1) is 13.5. The van der Waals surface area contributed by atoms with Crippen molar-refractivity contribution in [3.8, 4) is 0 Å². The predicted octanol–water partition coefficient (Wildman–Crippen LogP) is 3.39. The number of anilines is 2. The fourth-order valence-electron chi connectivity index (χ4n) is 2.89. The summed E-state index contributed by atoms with van der Waals surface area (Å²) in [5, 5.41) is 2.81. The molecule has 0 aliphatic heterocycles. The highest BCUT2D eigenvalue weighted by Crippen LogP contribution is 2.24. The number of nitrogens with one attached hydrogen (secondary N) is 1. The van der Waals surface area contributed by atoms with Gasteiger partial charge in [0.05, 0.1) is 12.2 Å². The van der Waals surface area contributed by atoms with Crippen LogP contribution in [0.1, 0.15) is 29.8 Å². The van der Waals surface area contributed by atoms with E-state index in [0.29, 0.717) is 30.9 Å². The highest BCUT2D eigenvalue weighted by molar-refractivity contribution is 6.02. The molecule has 28 heavy (non-hydrogen) atoms. The standard InChI is InChI=1S/C22H29N3O3/c1-5-25(6-2)22(27)19-14-18(12-13-20(19)24(3)4)23-21(26)16-28-15-17-10-8-7-9-11-17/h7-14H,5-6,15-16H2,1-4H3,(H,23,26). The second kappa shape index (κ2) is 10.5. The molecule has 2 aromatic rings. The van der Waals surface area contributed by atoms with Gasteiger partial charge in [-0.3, -0.25) is 9.59 Å². The normalized spacial score (nSPS) is 10.4. The second-order valence-corrected chi connectivity index (χ2v) is 6.63. The highest BCUT2D eigenvalue weighted by atomic mass is 16.5. The van der Waals surface area contributed by atoms with Gasteiger partial charge in [0.25, 0.3) is 5.91 Å². The molecule has 6 nitrogen and oxygen atoms in total. The zero-order valence-corrected chi connectivity index (χ0v) is 17.1. The van der Waals surface area contributed by atoms with Gasteiger partial charge < -0.3 is 19.9 Å². The molecule has 2 amide bonds. The summed E-state index contributed by atoms with van der Waals surface area (Å²) in [6.07, 6.45) is 0. The molecule has 0 aromatic heterocycles. The molecular weight excluding hydrogens is 354 g/mol. The van der Waals surface area contributed by atoms with Crippen LogP contribution in [0.2, 0.25) is 0 Å². The zero-order valence-electron chi connectivity index (χ0n) is 17.1. The van der Waals surface area contributed by atoms with Crippen molar-refractivity contribution in [2.24, 2.45) is 0 Å². The van der Waals surface area contributed by atoms with Gasteiger partial charge in [-0.2, -0.15) is 0 Å². The predicted molar refractivity (Wildman–Crippen MR) is 113 cm³/mol. The van der Waals surface area contributed by atoms with Gasteiger partial charge in [-0.05, 0) is 37.6 Å². The average Bonchev–Trinajstić information content (AvgIpc) is 2.69. The van der Waals surface area contributed by atoms with E-state index in [1.54, 1.807) is 17.0 Å². The van der Waals surface area contributed by atoms with Crippen LogP contribution in [-0.2, 0) is 16.1 Å². The third-order valence-electron chi connectivity index (χ3n) is 4.39. The maximum Gasteiger partial charge on any atom is 0.256 e. The molecule has 6 heteroatoms. The Morgan fingerprint density at radius 3 is 2.29 bits per heavy atom. The minimum Gasteiger partial charge on any atom is -0.377 e. The van der Waals surface area contributed by atoms with Gasteiger partial charge in [0.1, 0.15) is 6.61 Å². The van der Waals surface area contributed by atoms with Gasteiger partial charge in [0, 0.05) is 38.6 Å². The number of carbonyl (C=O) groups is 2. The Morgan fingerprint density at radius 1 is 1.00 bits per heavy atom. The van der Waals surface area contributed by atoms with Crippen LogP contribution in [0.15, 0.2) is 48.5 Å². The molecule has 0 heterocycles. The molecule has 0 saturated carbocycles. The van der Waals surface area contributed by atoms with E-state index in [9.17, 15) is 9.59 Å². The molecule has 0 atom stereocenters. The number of rotatable bonds is 9. The molecule has 2 rings (SSSR count). The van der Waals surface area contributed by atoms with Gasteiger partial charge in [0.15, 0.2) is 0 Å².